The van der Waals surface area contributed by atoms with E-state index in [0.717, 1.165) is 28.2 Å². The zero-order valence-electron chi connectivity index (χ0n) is 16.7. The van der Waals surface area contributed by atoms with Crippen LogP contribution >= 0.6 is 11.8 Å². The molecule has 0 aromatic heterocycles. The van der Waals surface area contributed by atoms with Crippen molar-refractivity contribution in [2.45, 2.75) is 29.6 Å². The molecule has 4 nitrogen and oxygen atoms in total. The molecule has 30 heavy (non-hydrogen) atoms. The first kappa shape index (κ1) is 21.2. The summed E-state index contributed by atoms with van der Waals surface area (Å²) in [6, 6.07) is 20.7. The highest BCUT2D eigenvalue weighted by atomic mass is 32.2. The van der Waals surface area contributed by atoms with Gasteiger partial charge in [-0.25, -0.2) is 0 Å². The molecular formula is C25H23N3OS. The van der Waals surface area contributed by atoms with Gasteiger partial charge in [-0.2, -0.15) is 0 Å². The number of benzene rings is 3. The van der Waals surface area contributed by atoms with Gasteiger partial charge in [-0.1, -0.05) is 55.3 Å². The molecule has 0 spiro atoms. The zero-order valence-corrected chi connectivity index (χ0v) is 17.6. The number of anilines is 1. The Labute approximate surface area is 181 Å². The Kier molecular flexibility index (Phi) is 6.95. The molecule has 3 aromatic carbocycles. The molecule has 0 atom stereocenters. The van der Waals surface area contributed by atoms with Crippen molar-refractivity contribution in [3.05, 3.63) is 89.0 Å². The number of amides is 1. The summed E-state index contributed by atoms with van der Waals surface area (Å²) in [6.45, 7) is 2.15. The summed E-state index contributed by atoms with van der Waals surface area (Å²) < 4.78 is 0. The lowest BCUT2D eigenvalue weighted by atomic mass is 10.1. The van der Waals surface area contributed by atoms with E-state index in [1.807, 2.05) is 30.3 Å². The van der Waals surface area contributed by atoms with Gasteiger partial charge in [-0.15, -0.1) is 0 Å². The molecule has 150 valence electrons. The molecule has 0 aliphatic rings. The quantitative estimate of drug-likeness (QED) is 0.305. The summed E-state index contributed by atoms with van der Waals surface area (Å²) in [7, 11) is 0. The van der Waals surface area contributed by atoms with Crippen LogP contribution in [0.25, 0.3) is 0 Å². The monoisotopic (exact) mass is 413 g/mol. The fourth-order valence-electron chi connectivity index (χ4n) is 2.96. The molecule has 0 aliphatic heterocycles. The van der Waals surface area contributed by atoms with Crippen molar-refractivity contribution in [2.24, 2.45) is 5.73 Å². The highest BCUT2D eigenvalue weighted by Crippen LogP contribution is 2.32. The number of hydrogen-bond donors (Lipinski definition) is 3. The number of nitrogen functional groups attached to an aromatic ring is 1. The lowest BCUT2D eigenvalue weighted by molar-refractivity contribution is 0.0997. The highest BCUT2D eigenvalue weighted by molar-refractivity contribution is 7.99. The van der Waals surface area contributed by atoms with E-state index in [2.05, 4.69) is 30.9 Å². The maximum absolute atomic E-state index is 11.6. The summed E-state index contributed by atoms with van der Waals surface area (Å²) in [6.07, 6.45) is 2.16. The predicted molar refractivity (Wildman–Crippen MR) is 124 cm³/mol. The Bertz CT molecular complexity index is 1140. The molecule has 0 heterocycles. The van der Waals surface area contributed by atoms with Crippen molar-refractivity contribution in [3.63, 3.8) is 0 Å². The second kappa shape index (κ2) is 9.82. The maximum Gasteiger partial charge on any atom is 0.249 e. The Morgan fingerprint density at radius 1 is 1.03 bits per heavy atom. The van der Waals surface area contributed by atoms with Crippen LogP contribution in [0.4, 0.5) is 5.69 Å². The Morgan fingerprint density at radius 2 is 1.77 bits per heavy atom. The number of aryl methyl sites for hydroxylation is 1. The SMILES string of the molecule is CCCc1ccc(C#CC(=N)c2ccc(Sc3ccccc3C(N)=O)cc2N)cc1. The van der Waals surface area contributed by atoms with Gasteiger partial charge in [0.1, 0.15) is 5.71 Å². The average molecular weight is 414 g/mol. The van der Waals surface area contributed by atoms with Gasteiger partial charge in [0.05, 0.1) is 5.56 Å². The van der Waals surface area contributed by atoms with Crippen LogP contribution in [0.3, 0.4) is 0 Å². The lowest BCUT2D eigenvalue weighted by Crippen LogP contribution is -2.11. The van der Waals surface area contributed by atoms with Gasteiger partial charge in [0.25, 0.3) is 0 Å². The number of hydrogen-bond acceptors (Lipinski definition) is 4. The second-order valence-electron chi connectivity index (χ2n) is 6.78. The number of carbonyl (C=O) groups excluding carboxylic acids is 1. The van der Waals surface area contributed by atoms with E-state index in [1.54, 1.807) is 24.3 Å². The fourth-order valence-corrected chi connectivity index (χ4v) is 3.96. The van der Waals surface area contributed by atoms with Crippen molar-refractivity contribution >= 4 is 29.1 Å². The summed E-state index contributed by atoms with van der Waals surface area (Å²) in [4.78, 5) is 13.2. The fraction of sp³-hybridized carbons (Fsp3) is 0.120. The van der Waals surface area contributed by atoms with Crippen LogP contribution in [-0.4, -0.2) is 11.6 Å². The Hall–Kier alpha value is -3.49. The standard InChI is InChI=1S/C25H23N3OS/c1-2-5-17-8-10-18(11-9-17)12-15-22(26)20-14-13-19(16-23(20)27)30-24-7-4-3-6-21(24)25(28)29/h3-4,6-11,13-14,16,26H,2,5,27H2,1H3,(H2,28,29). The zero-order chi connectivity index (χ0) is 21.5. The molecule has 0 fully saturated rings. The molecule has 0 unspecified atom stereocenters. The largest absolute Gasteiger partial charge is 0.398 e. The molecule has 5 N–H and O–H groups in total. The van der Waals surface area contributed by atoms with Gasteiger partial charge in [0.2, 0.25) is 5.91 Å². The smallest absolute Gasteiger partial charge is 0.249 e. The van der Waals surface area contributed by atoms with E-state index in [9.17, 15) is 4.79 Å². The molecule has 0 bridgehead atoms. The first-order valence-electron chi connectivity index (χ1n) is 9.64. The molecule has 5 heteroatoms. The van der Waals surface area contributed by atoms with E-state index >= 15 is 0 Å². The molecule has 1 amide bonds. The second-order valence-corrected chi connectivity index (χ2v) is 7.90. The van der Waals surface area contributed by atoms with Gasteiger partial charge in [0.15, 0.2) is 0 Å². The maximum atomic E-state index is 11.6. The minimum absolute atomic E-state index is 0.166. The first-order chi connectivity index (χ1) is 14.5. The number of primary amides is 1. The topological polar surface area (TPSA) is 93.0 Å². The van der Waals surface area contributed by atoms with Crippen molar-refractivity contribution in [3.8, 4) is 11.8 Å². The normalized spacial score (nSPS) is 10.2. The molecule has 3 rings (SSSR count). The summed E-state index contributed by atoms with van der Waals surface area (Å²) in [5.74, 6) is 5.44. The van der Waals surface area contributed by atoms with Crippen molar-refractivity contribution in [1.82, 2.24) is 0 Å². The van der Waals surface area contributed by atoms with E-state index < -0.39 is 5.91 Å². The highest BCUT2D eigenvalue weighted by Gasteiger charge is 2.10. The van der Waals surface area contributed by atoms with Crippen LogP contribution < -0.4 is 11.5 Å². The third-order valence-electron chi connectivity index (χ3n) is 4.50. The summed E-state index contributed by atoms with van der Waals surface area (Å²) in [5.41, 5.74) is 15.5. The van der Waals surface area contributed by atoms with Crippen LogP contribution in [-0.2, 0) is 6.42 Å². The first-order valence-corrected chi connectivity index (χ1v) is 10.5. The number of nitrogens with one attached hydrogen (secondary N) is 1. The van der Waals surface area contributed by atoms with Gasteiger partial charge in [-0.3, -0.25) is 10.2 Å². The van der Waals surface area contributed by atoms with Crippen molar-refractivity contribution in [1.29, 1.82) is 5.41 Å². The molecule has 0 radical (unpaired) electrons. The minimum Gasteiger partial charge on any atom is -0.398 e. The van der Waals surface area contributed by atoms with Crippen molar-refractivity contribution in [2.75, 3.05) is 5.73 Å². The molecular weight excluding hydrogens is 390 g/mol. The van der Waals surface area contributed by atoms with Gasteiger partial charge >= 0.3 is 0 Å². The van der Waals surface area contributed by atoms with Gasteiger partial charge in [-0.05, 0) is 60.4 Å². The molecule has 0 saturated carbocycles. The summed E-state index contributed by atoms with van der Waals surface area (Å²) >= 11 is 1.41. The van der Waals surface area contributed by atoms with Crippen molar-refractivity contribution < 1.29 is 4.79 Å². The third kappa shape index (κ3) is 5.31. The van der Waals surface area contributed by atoms with Gasteiger partial charge in [0, 0.05) is 26.6 Å². The minimum atomic E-state index is -0.470. The van der Waals surface area contributed by atoms with E-state index in [-0.39, 0.29) is 5.71 Å². The predicted octanol–water partition coefficient (Wildman–Crippen LogP) is 4.89. The average Bonchev–Trinajstić information content (AvgIpc) is 2.73. The number of nitrogens with two attached hydrogens (primary N) is 2. The van der Waals surface area contributed by atoms with E-state index in [0.29, 0.717) is 16.8 Å². The van der Waals surface area contributed by atoms with E-state index in [1.165, 1.54) is 17.3 Å². The van der Waals surface area contributed by atoms with E-state index in [4.69, 9.17) is 16.9 Å². The number of carbonyl (C=O) groups is 1. The Morgan fingerprint density at radius 3 is 2.43 bits per heavy atom. The molecule has 3 aromatic rings. The molecule has 0 aliphatic carbocycles. The Balaban J connectivity index is 1.76. The summed E-state index contributed by atoms with van der Waals surface area (Å²) in [5, 5.41) is 8.29. The van der Waals surface area contributed by atoms with Gasteiger partial charge < -0.3 is 11.5 Å². The van der Waals surface area contributed by atoms with Crippen LogP contribution in [0, 0.1) is 17.3 Å². The number of rotatable bonds is 6. The van der Waals surface area contributed by atoms with Crippen LogP contribution in [0.5, 0.6) is 0 Å². The van der Waals surface area contributed by atoms with Crippen LogP contribution in [0.1, 0.15) is 40.4 Å². The van der Waals surface area contributed by atoms with Crippen LogP contribution in [0.15, 0.2) is 76.5 Å². The third-order valence-corrected chi connectivity index (χ3v) is 5.56. The van der Waals surface area contributed by atoms with Crippen LogP contribution in [0.2, 0.25) is 0 Å². The molecule has 0 saturated heterocycles. The lowest BCUT2D eigenvalue weighted by Gasteiger charge is -2.09.